The number of aliphatic hydroxyl groups is 1. The second kappa shape index (κ2) is 7.40. The molecule has 7 nitrogen and oxygen atoms in total. The highest BCUT2D eigenvalue weighted by molar-refractivity contribution is 7.07. The maximum absolute atomic E-state index is 13.3. The van der Waals surface area contributed by atoms with E-state index in [1.807, 2.05) is 0 Å². The molecule has 0 aliphatic heterocycles. The van der Waals surface area contributed by atoms with E-state index in [2.05, 4.69) is 15.3 Å². The summed E-state index contributed by atoms with van der Waals surface area (Å²) >= 11 is 1.38. The highest BCUT2D eigenvalue weighted by Gasteiger charge is 2.57. The molecule has 0 fully saturated rings. The Bertz CT molecular complexity index is 704. The molecule has 0 saturated carbocycles. The molecule has 0 aromatic carbocycles. The molecule has 138 valence electrons. The summed E-state index contributed by atoms with van der Waals surface area (Å²) in [6.45, 7) is -0.138. The van der Waals surface area contributed by atoms with Crippen molar-refractivity contribution in [3.05, 3.63) is 34.8 Å². The standard InChI is InChI=1S/C14H18F3N5O2S/c1-21-6-5-18-11(21)13(24,14(15,16)17)3-4-19-12(23)22(2)7-10-8-25-9-20-10/h5-6,8-9,24H,3-4,7H2,1-2H3,(H,19,23). The van der Waals surface area contributed by atoms with E-state index in [1.165, 1.54) is 42.7 Å². The van der Waals surface area contributed by atoms with Crippen LogP contribution >= 0.6 is 11.3 Å². The lowest BCUT2D eigenvalue weighted by Crippen LogP contribution is -2.47. The summed E-state index contributed by atoms with van der Waals surface area (Å²) in [4.78, 5) is 20.9. The van der Waals surface area contributed by atoms with Crippen LogP contribution in [0.3, 0.4) is 0 Å². The van der Waals surface area contributed by atoms with Crippen LogP contribution in [-0.4, -0.2) is 50.3 Å². The van der Waals surface area contributed by atoms with Gasteiger partial charge in [-0.05, 0) is 0 Å². The van der Waals surface area contributed by atoms with Gasteiger partial charge in [0, 0.05) is 44.8 Å². The van der Waals surface area contributed by atoms with Crippen molar-refractivity contribution in [2.24, 2.45) is 7.05 Å². The number of hydrogen-bond donors (Lipinski definition) is 2. The first-order valence-electron chi connectivity index (χ1n) is 7.28. The molecule has 0 bridgehead atoms. The van der Waals surface area contributed by atoms with E-state index in [1.54, 1.807) is 10.9 Å². The normalized spacial score (nSPS) is 14.2. The van der Waals surface area contributed by atoms with Gasteiger partial charge in [0.2, 0.25) is 5.60 Å². The molecule has 2 amide bonds. The van der Waals surface area contributed by atoms with Crippen LogP contribution in [0.2, 0.25) is 0 Å². The number of aromatic nitrogens is 3. The summed E-state index contributed by atoms with van der Waals surface area (Å²) in [6.07, 6.45) is -3.19. The summed E-state index contributed by atoms with van der Waals surface area (Å²) < 4.78 is 41.1. The topological polar surface area (TPSA) is 83.3 Å². The lowest BCUT2D eigenvalue weighted by molar-refractivity contribution is -0.272. The lowest BCUT2D eigenvalue weighted by atomic mass is 9.97. The fourth-order valence-corrected chi connectivity index (χ4v) is 2.81. The number of hydrogen-bond acceptors (Lipinski definition) is 5. The van der Waals surface area contributed by atoms with Crippen molar-refractivity contribution in [2.75, 3.05) is 13.6 Å². The number of amides is 2. The minimum Gasteiger partial charge on any atom is -0.374 e. The fraction of sp³-hybridized carbons (Fsp3) is 0.500. The van der Waals surface area contributed by atoms with E-state index in [0.717, 1.165) is 4.57 Å². The molecule has 0 radical (unpaired) electrons. The van der Waals surface area contributed by atoms with Gasteiger partial charge in [-0.15, -0.1) is 11.3 Å². The fourth-order valence-electron chi connectivity index (χ4n) is 2.26. The van der Waals surface area contributed by atoms with Crippen molar-refractivity contribution in [1.29, 1.82) is 0 Å². The minimum atomic E-state index is -4.93. The van der Waals surface area contributed by atoms with Gasteiger partial charge in [0.1, 0.15) is 5.82 Å². The average Bonchev–Trinajstić information content (AvgIpc) is 3.17. The minimum absolute atomic E-state index is 0.234. The molecule has 0 spiro atoms. The molecule has 2 aromatic heterocycles. The van der Waals surface area contributed by atoms with Crippen molar-refractivity contribution >= 4 is 17.4 Å². The van der Waals surface area contributed by atoms with Gasteiger partial charge < -0.3 is 19.9 Å². The largest absolute Gasteiger partial charge is 0.424 e. The second-order valence-electron chi connectivity index (χ2n) is 5.54. The molecule has 0 aliphatic rings. The maximum atomic E-state index is 13.3. The van der Waals surface area contributed by atoms with Crippen LogP contribution in [0.15, 0.2) is 23.3 Å². The number of thiazole rings is 1. The number of imidazole rings is 1. The van der Waals surface area contributed by atoms with Crippen molar-refractivity contribution in [3.63, 3.8) is 0 Å². The van der Waals surface area contributed by atoms with Gasteiger partial charge in [-0.2, -0.15) is 13.2 Å². The Morgan fingerprint density at radius 1 is 1.44 bits per heavy atom. The number of aryl methyl sites for hydroxylation is 1. The molecule has 2 heterocycles. The first kappa shape index (κ1) is 19.2. The Morgan fingerprint density at radius 2 is 2.16 bits per heavy atom. The zero-order valence-corrected chi connectivity index (χ0v) is 14.4. The average molecular weight is 377 g/mol. The summed E-state index contributed by atoms with van der Waals surface area (Å²) in [6, 6.07) is -0.558. The van der Waals surface area contributed by atoms with Crippen LogP contribution in [-0.2, 0) is 19.2 Å². The van der Waals surface area contributed by atoms with Gasteiger partial charge in [-0.25, -0.2) is 14.8 Å². The van der Waals surface area contributed by atoms with Crippen molar-refractivity contribution in [3.8, 4) is 0 Å². The molecule has 2 aromatic rings. The molecule has 0 saturated heterocycles. The number of urea groups is 1. The molecule has 2 rings (SSSR count). The predicted octanol–water partition coefficient (Wildman–Crippen LogP) is 1.86. The number of carbonyl (C=O) groups excluding carboxylic acids is 1. The third kappa shape index (κ3) is 4.28. The van der Waals surface area contributed by atoms with E-state index in [4.69, 9.17) is 0 Å². The quantitative estimate of drug-likeness (QED) is 0.805. The SMILES string of the molecule is CN(Cc1cscn1)C(=O)NCCC(O)(c1nccn1C)C(F)(F)F. The monoisotopic (exact) mass is 377 g/mol. The summed E-state index contributed by atoms with van der Waals surface area (Å²) in [5.41, 5.74) is -0.842. The second-order valence-corrected chi connectivity index (χ2v) is 6.26. The Hall–Kier alpha value is -2.14. The van der Waals surface area contributed by atoms with Crippen molar-refractivity contribution in [2.45, 2.75) is 24.7 Å². The van der Waals surface area contributed by atoms with Gasteiger partial charge in [0.15, 0.2) is 0 Å². The molecule has 11 heteroatoms. The highest BCUT2D eigenvalue weighted by atomic mass is 32.1. The van der Waals surface area contributed by atoms with Crippen molar-refractivity contribution in [1.82, 2.24) is 24.8 Å². The molecular formula is C14H18F3N5O2S. The third-order valence-corrected chi connectivity index (χ3v) is 4.29. The third-order valence-electron chi connectivity index (χ3n) is 3.65. The van der Waals surface area contributed by atoms with Crippen LogP contribution in [0.1, 0.15) is 17.9 Å². The Labute approximate surface area is 146 Å². The zero-order chi connectivity index (χ0) is 18.7. The van der Waals surface area contributed by atoms with E-state index in [0.29, 0.717) is 5.69 Å². The van der Waals surface area contributed by atoms with E-state index >= 15 is 0 Å². The Balaban J connectivity index is 1.97. The number of nitrogens with one attached hydrogen (secondary N) is 1. The number of rotatable bonds is 6. The smallest absolute Gasteiger partial charge is 0.374 e. The maximum Gasteiger partial charge on any atom is 0.424 e. The van der Waals surface area contributed by atoms with Crippen LogP contribution in [0, 0.1) is 0 Å². The summed E-state index contributed by atoms with van der Waals surface area (Å²) in [5.74, 6) is -0.523. The summed E-state index contributed by atoms with van der Waals surface area (Å²) in [5, 5.41) is 14.3. The van der Waals surface area contributed by atoms with Gasteiger partial charge in [-0.1, -0.05) is 0 Å². The van der Waals surface area contributed by atoms with Gasteiger partial charge >= 0.3 is 12.2 Å². The zero-order valence-electron chi connectivity index (χ0n) is 13.6. The number of alkyl halides is 3. The Morgan fingerprint density at radius 3 is 2.68 bits per heavy atom. The van der Waals surface area contributed by atoms with Gasteiger partial charge in [0.25, 0.3) is 0 Å². The van der Waals surface area contributed by atoms with Crippen molar-refractivity contribution < 1.29 is 23.1 Å². The predicted molar refractivity (Wildman–Crippen MR) is 84.8 cm³/mol. The summed E-state index contributed by atoms with van der Waals surface area (Å²) in [7, 11) is 2.86. The van der Waals surface area contributed by atoms with Crippen LogP contribution < -0.4 is 5.32 Å². The number of carbonyl (C=O) groups is 1. The highest BCUT2D eigenvalue weighted by Crippen LogP contribution is 2.40. The van der Waals surface area contributed by atoms with Crippen LogP contribution in [0.25, 0.3) is 0 Å². The lowest BCUT2D eigenvalue weighted by Gasteiger charge is -2.30. The molecule has 0 aliphatic carbocycles. The molecule has 2 N–H and O–H groups in total. The van der Waals surface area contributed by atoms with Crippen LogP contribution in [0.4, 0.5) is 18.0 Å². The first-order chi connectivity index (χ1) is 11.6. The van der Waals surface area contributed by atoms with Gasteiger partial charge in [-0.3, -0.25) is 0 Å². The first-order valence-corrected chi connectivity index (χ1v) is 8.22. The Kier molecular flexibility index (Phi) is 5.68. The van der Waals surface area contributed by atoms with E-state index in [9.17, 15) is 23.1 Å². The van der Waals surface area contributed by atoms with E-state index in [-0.39, 0.29) is 13.1 Å². The van der Waals surface area contributed by atoms with Gasteiger partial charge in [0.05, 0.1) is 17.7 Å². The van der Waals surface area contributed by atoms with Crippen LogP contribution in [0.5, 0.6) is 0 Å². The molecule has 1 atom stereocenters. The number of nitrogens with zero attached hydrogens (tertiary/aromatic N) is 4. The molecule has 25 heavy (non-hydrogen) atoms. The molecule has 1 unspecified atom stereocenters. The number of halogens is 3. The van der Waals surface area contributed by atoms with E-state index < -0.39 is 30.1 Å². The molecular weight excluding hydrogens is 359 g/mol.